The van der Waals surface area contributed by atoms with E-state index in [9.17, 15) is 8.42 Å². The first-order valence-electron chi connectivity index (χ1n) is 6.78. The lowest BCUT2D eigenvalue weighted by molar-refractivity contribution is 0.0194. The molecule has 1 aromatic carbocycles. The largest absolute Gasteiger partial charge is 0.280 e. The van der Waals surface area contributed by atoms with Gasteiger partial charge in [-0.1, -0.05) is 29.8 Å². The van der Waals surface area contributed by atoms with Crippen LogP contribution < -0.4 is 5.14 Å². The molecule has 4 nitrogen and oxygen atoms in total. The molecule has 1 unspecified atom stereocenters. The molecule has 3 aliphatic rings. The van der Waals surface area contributed by atoms with Crippen LogP contribution in [0.25, 0.3) is 0 Å². The molecule has 2 N–H and O–H groups in total. The molecular weight excluding hydrogens is 260 g/mol. The molecule has 3 fully saturated rings. The van der Waals surface area contributed by atoms with Crippen LogP contribution in [0.4, 0.5) is 0 Å². The van der Waals surface area contributed by atoms with Crippen molar-refractivity contribution < 1.29 is 8.42 Å². The number of nitrogens with two attached hydrogens (primary N) is 1. The maximum atomic E-state index is 12.3. The predicted molar refractivity (Wildman–Crippen MR) is 74.9 cm³/mol. The van der Waals surface area contributed by atoms with E-state index < -0.39 is 14.9 Å². The zero-order chi connectivity index (χ0) is 13.7. The maximum Gasteiger partial charge on any atom is 0.232 e. The molecule has 4 rings (SSSR count). The van der Waals surface area contributed by atoms with Gasteiger partial charge >= 0.3 is 0 Å². The number of primary sulfonamides is 1. The highest BCUT2D eigenvalue weighted by atomic mass is 32.2. The molecule has 19 heavy (non-hydrogen) atoms. The van der Waals surface area contributed by atoms with Crippen molar-refractivity contribution >= 4 is 10.0 Å². The van der Waals surface area contributed by atoms with E-state index in [1.807, 2.05) is 31.2 Å². The van der Waals surface area contributed by atoms with Crippen molar-refractivity contribution in [1.29, 1.82) is 0 Å². The van der Waals surface area contributed by atoms with Crippen molar-refractivity contribution in [2.45, 2.75) is 31.1 Å². The minimum atomic E-state index is -3.66. The van der Waals surface area contributed by atoms with Crippen LogP contribution in [0.3, 0.4) is 0 Å². The summed E-state index contributed by atoms with van der Waals surface area (Å²) in [7, 11) is -3.66. The molecule has 0 aliphatic carbocycles. The first-order chi connectivity index (χ1) is 8.93. The summed E-state index contributed by atoms with van der Waals surface area (Å²) in [6.45, 7) is 3.66. The van der Waals surface area contributed by atoms with Crippen LogP contribution in [0.5, 0.6) is 0 Å². The van der Waals surface area contributed by atoms with Gasteiger partial charge in [0.25, 0.3) is 0 Å². The smallest absolute Gasteiger partial charge is 0.232 e. The predicted octanol–water partition coefficient (Wildman–Crippen LogP) is 1.55. The van der Waals surface area contributed by atoms with E-state index in [4.69, 9.17) is 5.14 Å². The lowest BCUT2D eigenvalue weighted by Crippen LogP contribution is -2.61. The third-order valence-electron chi connectivity index (χ3n) is 4.66. The number of rotatable bonds is 2. The van der Waals surface area contributed by atoms with Crippen LogP contribution in [-0.2, 0) is 14.9 Å². The van der Waals surface area contributed by atoms with E-state index in [1.54, 1.807) is 0 Å². The van der Waals surface area contributed by atoms with Gasteiger partial charge in [-0.15, -0.1) is 0 Å². The molecule has 1 aromatic rings. The Labute approximate surface area is 114 Å². The number of hydrogen-bond acceptors (Lipinski definition) is 3. The number of nitrogens with zero attached hydrogens (tertiary/aromatic N) is 1. The fourth-order valence-electron chi connectivity index (χ4n) is 3.59. The van der Waals surface area contributed by atoms with Gasteiger partial charge in [-0.2, -0.15) is 0 Å². The van der Waals surface area contributed by atoms with E-state index in [0.29, 0.717) is 12.3 Å². The van der Waals surface area contributed by atoms with Crippen LogP contribution in [0.1, 0.15) is 30.4 Å². The van der Waals surface area contributed by atoms with Gasteiger partial charge in [0, 0.05) is 13.1 Å². The van der Waals surface area contributed by atoms with Crippen LogP contribution in [0, 0.1) is 12.8 Å². The SMILES string of the molecule is Cc1ccc(C2(S(N)(=O)=O)CC3CCN2CC3)cc1. The zero-order valence-electron chi connectivity index (χ0n) is 11.2. The Hall–Kier alpha value is -0.910. The second-order valence-corrected chi connectivity index (χ2v) is 7.60. The van der Waals surface area contributed by atoms with E-state index in [-0.39, 0.29) is 0 Å². The third kappa shape index (κ3) is 1.91. The quantitative estimate of drug-likeness (QED) is 0.894. The molecule has 3 saturated heterocycles. The molecule has 0 radical (unpaired) electrons. The van der Waals surface area contributed by atoms with E-state index in [2.05, 4.69) is 4.90 Å². The van der Waals surface area contributed by atoms with Gasteiger partial charge in [0.15, 0.2) is 4.87 Å². The highest BCUT2D eigenvalue weighted by molar-refractivity contribution is 7.90. The lowest BCUT2D eigenvalue weighted by atomic mass is 9.80. The van der Waals surface area contributed by atoms with E-state index >= 15 is 0 Å². The molecule has 0 amide bonds. The van der Waals surface area contributed by atoms with Crippen molar-refractivity contribution in [3.63, 3.8) is 0 Å². The van der Waals surface area contributed by atoms with Gasteiger partial charge in [0.2, 0.25) is 10.0 Å². The van der Waals surface area contributed by atoms with Gasteiger partial charge in [0.1, 0.15) is 0 Å². The van der Waals surface area contributed by atoms with Gasteiger partial charge < -0.3 is 0 Å². The molecule has 0 spiro atoms. The Morgan fingerprint density at radius 1 is 1.21 bits per heavy atom. The number of hydrogen-bond donors (Lipinski definition) is 1. The molecule has 3 aliphatic heterocycles. The summed E-state index contributed by atoms with van der Waals surface area (Å²) in [5.41, 5.74) is 1.95. The average molecular weight is 280 g/mol. The van der Waals surface area contributed by atoms with Crippen molar-refractivity contribution in [2.24, 2.45) is 11.1 Å². The molecule has 2 bridgehead atoms. The second kappa shape index (κ2) is 4.30. The Balaban J connectivity index is 2.16. The summed E-state index contributed by atoms with van der Waals surface area (Å²) in [6.07, 6.45) is 2.81. The maximum absolute atomic E-state index is 12.3. The first-order valence-corrected chi connectivity index (χ1v) is 8.33. The number of aryl methyl sites for hydroxylation is 1. The summed E-state index contributed by atoms with van der Waals surface area (Å²) < 4.78 is 24.6. The molecule has 3 heterocycles. The molecular formula is C14H20N2O2S. The van der Waals surface area contributed by atoms with Crippen molar-refractivity contribution in [1.82, 2.24) is 4.90 Å². The van der Waals surface area contributed by atoms with Gasteiger partial charge in [-0.25, -0.2) is 13.6 Å². The second-order valence-electron chi connectivity index (χ2n) is 5.83. The molecule has 0 aromatic heterocycles. The van der Waals surface area contributed by atoms with Gasteiger partial charge in [0.05, 0.1) is 0 Å². The molecule has 5 heteroatoms. The monoisotopic (exact) mass is 280 g/mol. The van der Waals surface area contributed by atoms with Crippen LogP contribution in [0.15, 0.2) is 24.3 Å². The summed E-state index contributed by atoms with van der Waals surface area (Å²) in [4.78, 5) is 1.06. The highest BCUT2D eigenvalue weighted by Gasteiger charge is 2.54. The number of piperidine rings is 3. The summed E-state index contributed by atoms with van der Waals surface area (Å²) in [5.74, 6) is 0.477. The van der Waals surface area contributed by atoms with Crippen LogP contribution in [-0.4, -0.2) is 26.4 Å². The number of benzene rings is 1. The number of sulfonamides is 1. The van der Waals surface area contributed by atoms with E-state index in [0.717, 1.165) is 37.1 Å². The summed E-state index contributed by atoms with van der Waals surface area (Å²) >= 11 is 0. The minimum Gasteiger partial charge on any atom is -0.280 e. The lowest BCUT2D eigenvalue weighted by Gasteiger charge is -2.52. The first kappa shape index (κ1) is 13.1. The zero-order valence-corrected chi connectivity index (χ0v) is 12.0. The fraction of sp³-hybridized carbons (Fsp3) is 0.571. The third-order valence-corrected chi connectivity index (χ3v) is 6.27. The number of fused-ring (bicyclic) bond motifs is 3. The Morgan fingerprint density at radius 3 is 2.21 bits per heavy atom. The summed E-state index contributed by atoms with van der Waals surface area (Å²) in [6, 6.07) is 7.76. The Kier molecular flexibility index (Phi) is 2.96. The average Bonchev–Trinajstić information content (AvgIpc) is 2.39. The molecule has 0 saturated carbocycles. The highest BCUT2D eigenvalue weighted by Crippen LogP contribution is 2.47. The minimum absolute atomic E-state index is 0.477. The van der Waals surface area contributed by atoms with Gasteiger partial charge in [-0.05, 0) is 37.7 Å². The van der Waals surface area contributed by atoms with Crippen LogP contribution >= 0.6 is 0 Å². The summed E-state index contributed by atoms with van der Waals surface area (Å²) in [5, 5.41) is 5.63. The fourth-order valence-corrected chi connectivity index (χ4v) is 5.07. The topological polar surface area (TPSA) is 63.4 Å². The Morgan fingerprint density at radius 2 is 1.79 bits per heavy atom. The van der Waals surface area contributed by atoms with Gasteiger partial charge in [-0.3, -0.25) is 4.90 Å². The molecule has 1 atom stereocenters. The van der Waals surface area contributed by atoms with E-state index in [1.165, 1.54) is 0 Å². The van der Waals surface area contributed by atoms with Crippen LogP contribution in [0.2, 0.25) is 0 Å². The normalized spacial score (nSPS) is 34.4. The molecule has 104 valence electrons. The van der Waals surface area contributed by atoms with Crippen molar-refractivity contribution in [3.8, 4) is 0 Å². The standard InChI is InChI=1S/C14H20N2O2S/c1-11-2-4-13(5-3-11)14(19(15,17)18)10-12-6-8-16(14)9-7-12/h2-5,12H,6-10H2,1H3,(H2,15,17,18). The Bertz CT molecular complexity index is 574. The van der Waals surface area contributed by atoms with Crippen molar-refractivity contribution in [3.05, 3.63) is 35.4 Å². The van der Waals surface area contributed by atoms with Crippen molar-refractivity contribution in [2.75, 3.05) is 13.1 Å².